The second kappa shape index (κ2) is 8.19. The third-order valence-electron chi connectivity index (χ3n) is 4.07. The lowest BCUT2D eigenvalue weighted by Crippen LogP contribution is -2.13. The maximum atomic E-state index is 12.9. The number of aryl methyl sites for hydroxylation is 1. The highest BCUT2D eigenvalue weighted by Gasteiger charge is 2.14. The lowest BCUT2D eigenvalue weighted by molar-refractivity contribution is -0.384. The van der Waals surface area contributed by atoms with Gasteiger partial charge in [0.2, 0.25) is 0 Å². The Hall–Kier alpha value is -4.25. The van der Waals surface area contributed by atoms with Gasteiger partial charge in [0.25, 0.3) is 11.6 Å². The van der Waals surface area contributed by atoms with Gasteiger partial charge in [-0.15, -0.1) is 0 Å². The molecule has 2 aromatic carbocycles. The molecule has 0 aliphatic carbocycles. The molecule has 0 aliphatic rings. The number of hydrogen-bond acceptors (Lipinski definition) is 5. The first-order valence-electron chi connectivity index (χ1n) is 8.41. The lowest BCUT2D eigenvalue weighted by Gasteiger charge is -2.04. The van der Waals surface area contributed by atoms with E-state index in [1.54, 1.807) is 31.2 Å². The summed E-state index contributed by atoms with van der Waals surface area (Å²) in [5.74, 6) is -0.393. The number of non-ortho nitro benzene ring substituents is 1. The van der Waals surface area contributed by atoms with Gasteiger partial charge in [-0.25, -0.2) is 4.39 Å². The molecule has 7 nitrogen and oxygen atoms in total. The Morgan fingerprint density at radius 3 is 2.55 bits per heavy atom. The van der Waals surface area contributed by atoms with Crippen molar-refractivity contribution in [2.75, 3.05) is 5.32 Å². The number of nitrogens with zero attached hydrogens (tertiary/aromatic N) is 2. The van der Waals surface area contributed by atoms with Crippen molar-refractivity contribution in [1.82, 2.24) is 0 Å². The molecule has 144 valence electrons. The van der Waals surface area contributed by atoms with Crippen molar-refractivity contribution in [1.29, 1.82) is 5.26 Å². The minimum absolute atomic E-state index is 0.0258. The number of hydrogen-bond donors (Lipinski definition) is 1. The lowest BCUT2D eigenvalue weighted by atomic mass is 10.1. The van der Waals surface area contributed by atoms with E-state index in [9.17, 15) is 24.6 Å². The number of nitriles is 1. The molecule has 3 aromatic rings. The smallest absolute Gasteiger partial charge is 0.269 e. The molecule has 1 amide bonds. The van der Waals surface area contributed by atoms with Crippen LogP contribution < -0.4 is 5.32 Å². The summed E-state index contributed by atoms with van der Waals surface area (Å²) < 4.78 is 18.6. The number of benzene rings is 2. The highest BCUT2D eigenvalue weighted by Crippen LogP contribution is 2.29. The van der Waals surface area contributed by atoms with E-state index in [1.165, 1.54) is 42.5 Å². The van der Waals surface area contributed by atoms with Gasteiger partial charge in [0.1, 0.15) is 29.0 Å². The summed E-state index contributed by atoms with van der Waals surface area (Å²) in [5, 5.41) is 22.6. The van der Waals surface area contributed by atoms with Gasteiger partial charge in [-0.1, -0.05) is 0 Å². The van der Waals surface area contributed by atoms with Crippen molar-refractivity contribution in [2.24, 2.45) is 0 Å². The fraction of sp³-hybridized carbons (Fsp3) is 0.0476. The molecule has 1 aromatic heterocycles. The monoisotopic (exact) mass is 391 g/mol. The quantitative estimate of drug-likeness (QED) is 0.289. The Bertz CT molecular complexity index is 1160. The van der Waals surface area contributed by atoms with E-state index < -0.39 is 16.6 Å². The summed E-state index contributed by atoms with van der Waals surface area (Å²) in [7, 11) is 0. The highest BCUT2D eigenvalue weighted by atomic mass is 19.1. The fourth-order valence-corrected chi connectivity index (χ4v) is 2.64. The van der Waals surface area contributed by atoms with E-state index in [0.717, 1.165) is 0 Å². The Balaban J connectivity index is 1.82. The number of rotatable bonds is 5. The van der Waals surface area contributed by atoms with E-state index >= 15 is 0 Å². The second-order valence-electron chi connectivity index (χ2n) is 6.09. The summed E-state index contributed by atoms with van der Waals surface area (Å²) in [6, 6.07) is 14.6. The predicted molar refractivity (Wildman–Crippen MR) is 104 cm³/mol. The molecule has 1 N–H and O–H groups in total. The van der Waals surface area contributed by atoms with Gasteiger partial charge in [0, 0.05) is 29.5 Å². The van der Waals surface area contributed by atoms with Crippen LogP contribution >= 0.6 is 0 Å². The summed E-state index contributed by atoms with van der Waals surface area (Å²) in [6.07, 6.45) is 1.28. The van der Waals surface area contributed by atoms with Gasteiger partial charge < -0.3 is 9.73 Å². The molecule has 8 heteroatoms. The molecule has 0 spiro atoms. The van der Waals surface area contributed by atoms with Crippen molar-refractivity contribution in [3.63, 3.8) is 0 Å². The number of furan rings is 1. The van der Waals surface area contributed by atoms with Crippen LogP contribution in [0, 0.1) is 34.2 Å². The Morgan fingerprint density at radius 2 is 1.93 bits per heavy atom. The zero-order chi connectivity index (χ0) is 21.0. The van der Waals surface area contributed by atoms with E-state index in [0.29, 0.717) is 22.6 Å². The molecule has 3 rings (SSSR count). The van der Waals surface area contributed by atoms with Gasteiger partial charge in [-0.05, 0) is 55.0 Å². The summed E-state index contributed by atoms with van der Waals surface area (Å²) in [5.41, 5.74) is 1.43. The van der Waals surface area contributed by atoms with Gasteiger partial charge in [0.15, 0.2) is 0 Å². The van der Waals surface area contributed by atoms with Crippen molar-refractivity contribution in [3.05, 3.63) is 87.4 Å². The molecule has 0 bridgehead atoms. The number of nitrogens with one attached hydrogen (secondary N) is 1. The predicted octanol–water partition coefficient (Wildman–Crippen LogP) is 4.85. The molecule has 0 aliphatic heterocycles. The van der Waals surface area contributed by atoms with E-state index in [-0.39, 0.29) is 17.0 Å². The summed E-state index contributed by atoms with van der Waals surface area (Å²) in [6.45, 7) is 1.72. The number of halogens is 1. The largest absolute Gasteiger partial charge is 0.457 e. The SMILES string of the molecule is Cc1cc([N+](=O)[O-])ccc1-c1ccc(/C=C(/C#N)C(=O)Nc2ccc(F)cc2)o1. The average Bonchev–Trinajstić information content (AvgIpc) is 3.16. The van der Waals surface area contributed by atoms with E-state index in [4.69, 9.17) is 4.42 Å². The zero-order valence-corrected chi connectivity index (χ0v) is 15.2. The van der Waals surface area contributed by atoms with Crippen LogP contribution in [0.25, 0.3) is 17.4 Å². The van der Waals surface area contributed by atoms with Crippen molar-refractivity contribution >= 4 is 23.4 Å². The number of carbonyl (C=O) groups excluding carboxylic acids is 1. The van der Waals surface area contributed by atoms with Gasteiger partial charge in [-0.2, -0.15) is 5.26 Å². The molecular weight excluding hydrogens is 377 g/mol. The first-order chi connectivity index (χ1) is 13.9. The van der Waals surface area contributed by atoms with E-state index in [1.807, 2.05) is 0 Å². The van der Waals surface area contributed by atoms with Crippen molar-refractivity contribution in [2.45, 2.75) is 6.92 Å². The van der Waals surface area contributed by atoms with Crippen LogP contribution in [-0.4, -0.2) is 10.8 Å². The number of nitro benzene ring substituents is 1. The van der Waals surface area contributed by atoms with Gasteiger partial charge in [-0.3, -0.25) is 14.9 Å². The number of anilines is 1. The maximum absolute atomic E-state index is 12.9. The molecule has 29 heavy (non-hydrogen) atoms. The van der Waals surface area contributed by atoms with Crippen molar-refractivity contribution < 1.29 is 18.5 Å². The van der Waals surface area contributed by atoms with Gasteiger partial charge >= 0.3 is 0 Å². The van der Waals surface area contributed by atoms with Crippen LogP contribution in [0.15, 0.2) is 64.6 Å². The van der Waals surface area contributed by atoms with Crippen molar-refractivity contribution in [3.8, 4) is 17.4 Å². The minimum Gasteiger partial charge on any atom is -0.457 e. The molecule has 0 atom stereocenters. The molecule has 0 saturated heterocycles. The van der Waals surface area contributed by atoms with Crippen LogP contribution in [0.1, 0.15) is 11.3 Å². The second-order valence-corrected chi connectivity index (χ2v) is 6.09. The first-order valence-corrected chi connectivity index (χ1v) is 8.41. The molecule has 1 heterocycles. The highest BCUT2D eigenvalue weighted by molar-refractivity contribution is 6.09. The minimum atomic E-state index is -0.663. The summed E-state index contributed by atoms with van der Waals surface area (Å²) >= 11 is 0. The average molecular weight is 391 g/mol. The molecule has 0 fully saturated rings. The third kappa shape index (κ3) is 4.54. The van der Waals surface area contributed by atoms with Crippen LogP contribution in [0.3, 0.4) is 0 Å². The van der Waals surface area contributed by atoms with Crippen LogP contribution in [-0.2, 0) is 4.79 Å². The molecule has 0 unspecified atom stereocenters. The van der Waals surface area contributed by atoms with E-state index in [2.05, 4.69) is 5.32 Å². The molecule has 0 saturated carbocycles. The van der Waals surface area contributed by atoms with Crippen LogP contribution in [0.5, 0.6) is 0 Å². The van der Waals surface area contributed by atoms with Crippen LogP contribution in [0.4, 0.5) is 15.8 Å². The van der Waals surface area contributed by atoms with Crippen LogP contribution in [0.2, 0.25) is 0 Å². The Labute approximate surface area is 164 Å². The third-order valence-corrected chi connectivity index (χ3v) is 4.07. The number of nitro groups is 1. The number of amides is 1. The Morgan fingerprint density at radius 1 is 1.21 bits per heavy atom. The molecular formula is C21H14FN3O4. The first kappa shape index (κ1) is 19.5. The maximum Gasteiger partial charge on any atom is 0.269 e. The topological polar surface area (TPSA) is 109 Å². The normalized spacial score (nSPS) is 11.0. The Kier molecular flexibility index (Phi) is 5.51. The van der Waals surface area contributed by atoms with Gasteiger partial charge in [0.05, 0.1) is 4.92 Å². The zero-order valence-electron chi connectivity index (χ0n) is 15.2. The summed E-state index contributed by atoms with van der Waals surface area (Å²) in [4.78, 5) is 22.6. The number of carbonyl (C=O) groups is 1. The fourth-order valence-electron chi connectivity index (χ4n) is 2.64. The standard InChI is InChI=1S/C21H14FN3O4/c1-13-10-17(25(27)28)6-8-19(13)20-9-7-18(29-20)11-14(12-23)21(26)24-16-4-2-15(22)3-5-16/h2-11H,1H3,(H,24,26)/b14-11-. The molecule has 0 radical (unpaired) electrons.